The summed E-state index contributed by atoms with van der Waals surface area (Å²) in [6, 6.07) is 9.46. The molecule has 0 fully saturated rings. The topological polar surface area (TPSA) is 34.1 Å². The van der Waals surface area contributed by atoms with E-state index in [-0.39, 0.29) is 11.6 Å². The lowest BCUT2D eigenvalue weighted by atomic mass is 9.90. The van der Waals surface area contributed by atoms with Crippen molar-refractivity contribution in [1.29, 1.82) is 0 Å². The number of rotatable bonds is 3. The van der Waals surface area contributed by atoms with Crippen LogP contribution < -0.4 is 0 Å². The molecule has 0 unspecified atom stereocenters. The van der Waals surface area contributed by atoms with Crippen LogP contribution in [0.1, 0.15) is 49.9 Å². The first-order valence-corrected chi connectivity index (χ1v) is 7.82. The first-order valence-electron chi connectivity index (χ1n) is 6.74. The highest BCUT2D eigenvalue weighted by Crippen LogP contribution is 2.23. The first-order chi connectivity index (χ1) is 9.81. The molecule has 0 radical (unpaired) electrons. The van der Waals surface area contributed by atoms with Gasteiger partial charge in [0.05, 0.1) is 0 Å². The summed E-state index contributed by atoms with van der Waals surface area (Å²) in [4.78, 5) is 24.4. The molecule has 0 atom stereocenters. The number of hydrogen-bond donors (Lipinski definition) is 0. The zero-order valence-corrected chi connectivity index (χ0v) is 14.7. The third-order valence-electron chi connectivity index (χ3n) is 3.61. The maximum Gasteiger partial charge on any atom is 0.193 e. The van der Waals surface area contributed by atoms with Crippen LogP contribution in [0, 0.1) is 24.3 Å². The molecule has 0 aliphatic carbocycles. The zero-order chi connectivity index (χ0) is 15.7. The van der Waals surface area contributed by atoms with Gasteiger partial charge >= 0.3 is 0 Å². The summed E-state index contributed by atoms with van der Waals surface area (Å²) in [6.07, 6.45) is 0. The number of ketones is 2. The van der Waals surface area contributed by atoms with Gasteiger partial charge in [-0.05, 0) is 91.2 Å². The van der Waals surface area contributed by atoms with E-state index in [1.54, 1.807) is 19.1 Å². The summed E-state index contributed by atoms with van der Waals surface area (Å²) in [5.74, 6) is 0.0433. The second-order valence-corrected chi connectivity index (χ2v) is 6.58. The van der Waals surface area contributed by atoms with Gasteiger partial charge in [-0.2, -0.15) is 0 Å². The molecule has 3 heteroatoms. The molecule has 108 valence electrons. The molecule has 2 aromatic carbocycles. The van der Waals surface area contributed by atoms with Gasteiger partial charge < -0.3 is 0 Å². The molecule has 0 heterocycles. The fourth-order valence-corrected chi connectivity index (χ4v) is 2.99. The van der Waals surface area contributed by atoms with Gasteiger partial charge in [-0.25, -0.2) is 0 Å². The molecule has 2 nitrogen and oxygen atoms in total. The van der Waals surface area contributed by atoms with Crippen molar-refractivity contribution in [2.24, 2.45) is 0 Å². The summed E-state index contributed by atoms with van der Waals surface area (Å²) in [5, 5.41) is 0. The Bertz CT molecular complexity index is 722. The lowest BCUT2D eigenvalue weighted by Crippen LogP contribution is -2.10. The van der Waals surface area contributed by atoms with Crippen molar-refractivity contribution in [3.8, 4) is 0 Å². The van der Waals surface area contributed by atoms with Crippen LogP contribution in [0.25, 0.3) is 0 Å². The van der Waals surface area contributed by atoms with E-state index in [0.717, 1.165) is 25.8 Å². The molecular weight excluding hydrogens is 375 g/mol. The lowest BCUT2D eigenvalue weighted by molar-refractivity contribution is 0.101. The van der Waals surface area contributed by atoms with Gasteiger partial charge in [-0.15, -0.1) is 0 Å². The molecule has 0 bridgehead atoms. The van der Waals surface area contributed by atoms with Crippen LogP contribution in [0.5, 0.6) is 0 Å². The van der Waals surface area contributed by atoms with Crippen molar-refractivity contribution in [3.63, 3.8) is 0 Å². The summed E-state index contributed by atoms with van der Waals surface area (Å²) in [5.41, 5.74) is 4.75. The number of carbonyl (C=O) groups excluding carboxylic acids is 2. The molecule has 21 heavy (non-hydrogen) atoms. The molecule has 0 saturated heterocycles. The van der Waals surface area contributed by atoms with Gasteiger partial charge in [0.2, 0.25) is 0 Å². The Labute approximate surface area is 138 Å². The summed E-state index contributed by atoms with van der Waals surface area (Å²) < 4.78 is 1.04. The van der Waals surface area contributed by atoms with E-state index in [1.807, 2.05) is 39.0 Å². The average molecular weight is 392 g/mol. The Morgan fingerprint density at radius 3 is 2.00 bits per heavy atom. The molecule has 2 aromatic rings. The largest absolute Gasteiger partial charge is 0.295 e. The fraction of sp³-hybridized carbons (Fsp3) is 0.222. The summed E-state index contributed by atoms with van der Waals surface area (Å²) >= 11 is 2.21. The summed E-state index contributed by atoms with van der Waals surface area (Å²) in [7, 11) is 0. The van der Waals surface area contributed by atoms with Crippen LogP contribution in [0.2, 0.25) is 0 Å². The van der Waals surface area contributed by atoms with Crippen molar-refractivity contribution < 1.29 is 9.59 Å². The number of Topliss-reactive ketones (excluding diaryl/α,β-unsaturated/α-hetero) is 1. The minimum atomic E-state index is 0.0191. The third kappa shape index (κ3) is 3.23. The highest BCUT2D eigenvalue weighted by molar-refractivity contribution is 14.1. The van der Waals surface area contributed by atoms with Gasteiger partial charge in [-0.3, -0.25) is 9.59 Å². The Morgan fingerprint density at radius 2 is 1.48 bits per heavy atom. The molecule has 2 rings (SSSR count). The Balaban J connectivity index is 2.59. The smallest absolute Gasteiger partial charge is 0.193 e. The van der Waals surface area contributed by atoms with Gasteiger partial charge in [0.1, 0.15) is 0 Å². The maximum absolute atomic E-state index is 12.9. The minimum absolute atomic E-state index is 0.0191. The van der Waals surface area contributed by atoms with Crippen LogP contribution in [0.15, 0.2) is 30.3 Å². The second kappa shape index (κ2) is 6.10. The maximum atomic E-state index is 12.9. The van der Waals surface area contributed by atoms with Crippen LogP contribution in [0.4, 0.5) is 0 Å². The number of aryl methyl sites for hydroxylation is 3. The third-order valence-corrected chi connectivity index (χ3v) is 4.28. The monoisotopic (exact) mass is 392 g/mol. The van der Waals surface area contributed by atoms with Crippen LogP contribution in [-0.2, 0) is 0 Å². The SMILES string of the molecule is CC(=O)c1cc(C)c(C(=O)c2cc(I)ccc2C)c(C)c1. The second-order valence-electron chi connectivity index (χ2n) is 5.33. The molecular formula is C18H17IO2. The van der Waals surface area contributed by atoms with Crippen LogP contribution in [-0.4, -0.2) is 11.6 Å². The number of hydrogen-bond acceptors (Lipinski definition) is 2. The first kappa shape index (κ1) is 15.9. The van der Waals surface area contributed by atoms with Crippen molar-refractivity contribution in [2.75, 3.05) is 0 Å². The predicted octanol–water partition coefficient (Wildman–Crippen LogP) is 4.65. The highest BCUT2D eigenvalue weighted by atomic mass is 127. The Kier molecular flexibility index (Phi) is 4.61. The number of benzene rings is 2. The quantitative estimate of drug-likeness (QED) is 0.563. The van der Waals surface area contributed by atoms with E-state index in [2.05, 4.69) is 22.6 Å². The van der Waals surface area contributed by atoms with Gasteiger partial charge in [0.15, 0.2) is 11.6 Å². The van der Waals surface area contributed by atoms with Gasteiger partial charge in [0, 0.05) is 20.3 Å². The average Bonchev–Trinajstić information content (AvgIpc) is 2.40. The number of carbonyl (C=O) groups is 2. The van der Waals surface area contributed by atoms with Crippen LogP contribution >= 0.6 is 22.6 Å². The predicted molar refractivity (Wildman–Crippen MR) is 93.2 cm³/mol. The molecule has 0 aliphatic heterocycles. The van der Waals surface area contributed by atoms with E-state index in [9.17, 15) is 9.59 Å². The van der Waals surface area contributed by atoms with E-state index in [1.165, 1.54) is 0 Å². The molecule has 0 aliphatic rings. The van der Waals surface area contributed by atoms with E-state index in [0.29, 0.717) is 11.1 Å². The fourth-order valence-electron chi connectivity index (χ4n) is 2.50. The molecule has 0 amide bonds. The summed E-state index contributed by atoms with van der Waals surface area (Å²) in [6.45, 7) is 7.25. The van der Waals surface area contributed by atoms with Crippen molar-refractivity contribution in [1.82, 2.24) is 0 Å². The molecule has 0 saturated carbocycles. The molecule has 0 spiro atoms. The van der Waals surface area contributed by atoms with E-state index in [4.69, 9.17) is 0 Å². The molecule has 0 N–H and O–H groups in total. The number of halogens is 1. The van der Waals surface area contributed by atoms with Crippen molar-refractivity contribution >= 4 is 34.2 Å². The minimum Gasteiger partial charge on any atom is -0.295 e. The van der Waals surface area contributed by atoms with Gasteiger partial charge in [0.25, 0.3) is 0 Å². The van der Waals surface area contributed by atoms with Gasteiger partial charge in [-0.1, -0.05) is 6.07 Å². The van der Waals surface area contributed by atoms with Crippen molar-refractivity contribution in [2.45, 2.75) is 27.7 Å². The molecule has 0 aromatic heterocycles. The Hall–Kier alpha value is -1.49. The zero-order valence-electron chi connectivity index (χ0n) is 12.6. The highest BCUT2D eigenvalue weighted by Gasteiger charge is 2.18. The van der Waals surface area contributed by atoms with Crippen molar-refractivity contribution in [3.05, 3.63) is 67.3 Å². The Morgan fingerprint density at radius 1 is 0.905 bits per heavy atom. The van der Waals surface area contributed by atoms with E-state index >= 15 is 0 Å². The van der Waals surface area contributed by atoms with E-state index < -0.39 is 0 Å². The normalized spacial score (nSPS) is 10.5. The van der Waals surface area contributed by atoms with Crippen LogP contribution in [0.3, 0.4) is 0 Å². The lowest BCUT2D eigenvalue weighted by Gasteiger charge is -2.12. The standard InChI is InChI=1S/C18H17IO2/c1-10-5-6-15(19)9-16(10)18(21)17-11(2)7-14(13(4)20)8-12(17)3/h5-9H,1-4H3.